The Hall–Kier alpha value is -1.56. The molecule has 0 radical (unpaired) electrons. The van der Waals surface area contributed by atoms with E-state index in [1.165, 1.54) is 0 Å². The van der Waals surface area contributed by atoms with Crippen molar-refractivity contribution in [3.8, 4) is 0 Å². The molecule has 0 saturated carbocycles. The number of urea groups is 1. The van der Waals surface area contributed by atoms with Crippen LogP contribution in [0.4, 0.5) is 4.79 Å². The van der Waals surface area contributed by atoms with Crippen LogP contribution in [0.3, 0.4) is 0 Å². The summed E-state index contributed by atoms with van der Waals surface area (Å²) in [5.74, 6) is -0.934. The van der Waals surface area contributed by atoms with Crippen LogP contribution in [0.1, 0.15) is 18.7 Å². The highest BCUT2D eigenvalue weighted by Gasteiger charge is 2.27. The van der Waals surface area contributed by atoms with Crippen molar-refractivity contribution in [2.75, 3.05) is 6.54 Å². The number of nitrogens with one attached hydrogen (secondary N) is 2. The molecule has 0 spiro atoms. The third-order valence-electron chi connectivity index (χ3n) is 2.27. The molecule has 0 atom stereocenters. The summed E-state index contributed by atoms with van der Waals surface area (Å²) >= 11 is 1.56. The van der Waals surface area contributed by atoms with Crippen molar-refractivity contribution in [2.45, 2.75) is 20.4 Å². The van der Waals surface area contributed by atoms with E-state index in [-0.39, 0.29) is 12.6 Å². The molecule has 17 heavy (non-hydrogen) atoms. The summed E-state index contributed by atoms with van der Waals surface area (Å²) in [7, 11) is 0. The maximum atomic E-state index is 11.4. The summed E-state index contributed by atoms with van der Waals surface area (Å²) in [6, 6.07) is 3.48. The fraction of sp³-hybridized carbons (Fsp3) is 0.455. The standard InChI is InChI=1S/C11H16N2O3S/c1-11(2,9(14)15)7-13-10(16)12-6-8-4-3-5-17-8/h3-5H,6-7H2,1-2H3,(H,14,15)(H2,12,13,16). The van der Waals surface area contributed by atoms with E-state index in [0.29, 0.717) is 6.54 Å². The highest BCUT2D eigenvalue weighted by Crippen LogP contribution is 2.13. The number of hydrogen-bond acceptors (Lipinski definition) is 3. The topological polar surface area (TPSA) is 78.4 Å². The number of carbonyl (C=O) groups is 2. The van der Waals surface area contributed by atoms with Gasteiger partial charge in [0.2, 0.25) is 0 Å². The molecule has 3 N–H and O–H groups in total. The minimum absolute atomic E-state index is 0.0958. The first-order valence-electron chi connectivity index (χ1n) is 5.19. The second-order valence-corrected chi connectivity index (χ2v) is 5.34. The van der Waals surface area contributed by atoms with E-state index in [1.807, 2.05) is 17.5 Å². The Labute approximate surface area is 104 Å². The van der Waals surface area contributed by atoms with Crippen molar-refractivity contribution in [1.29, 1.82) is 0 Å². The predicted molar refractivity (Wildman–Crippen MR) is 66.0 cm³/mol. The van der Waals surface area contributed by atoms with Crippen LogP contribution in [-0.4, -0.2) is 23.7 Å². The lowest BCUT2D eigenvalue weighted by Crippen LogP contribution is -2.43. The van der Waals surface area contributed by atoms with Gasteiger partial charge in [-0.15, -0.1) is 11.3 Å². The van der Waals surface area contributed by atoms with Crippen LogP contribution >= 0.6 is 11.3 Å². The smallest absolute Gasteiger partial charge is 0.315 e. The molecular formula is C11H16N2O3S. The van der Waals surface area contributed by atoms with Gasteiger partial charge in [0, 0.05) is 11.4 Å². The second kappa shape index (κ2) is 5.67. The van der Waals surface area contributed by atoms with Crippen LogP contribution in [0.5, 0.6) is 0 Å². The quantitative estimate of drug-likeness (QED) is 0.749. The normalized spacial score (nSPS) is 10.9. The van der Waals surface area contributed by atoms with Crippen molar-refractivity contribution in [2.24, 2.45) is 5.41 Å². The molecule has 0 fully saturated rings. The Morgan fingerprint density at radius 2 is 2.12 bits per heavy atom. The molecule has 1 heterocycles. The average Bonchev–Trinajstić information content (AvgIpc) is 2.76. The largest absolute Gasteiger partial charge is 0.481 e. The molecule has 0 bridgehead atoms. The molecule has 1 aromatic rings. The van der Waals surface area contributed by atoms with Gasteiger partial charge in [-0.2, -0.15) is 0 Å². The van der Waals surface area contributed by atoms with Gasteiger partial charge < -0.3 is 15.7 Å². The molecule has 0 aliphatic carbocycles. The Kier molecular flexibility index (Phi) is 4.51. The first kappa shape index (κ1) is 13.5. The van der Waals surface area contributed by atoms with Crippen LogP contribution in [0.2, 0.25) is 0 Å². The highest BCUT2D eigenvalue weighted by atomic mass is 32.1. The zero-order chi connectivity index (χ0) is 12.9. The van der Waals surface area contributed by atoms with Gasteiger partial charge >= 0.3 is 12.0 Å². The Bertz CT molecular complexity index is 387. The lowest BCUT2D eigenvalue weighted by atomic mass is 9.94. The zero-order valence-corrected chi connectivity index (χ0v) is 10.6. The van der Waals surface area contributed by atoms with Gasteiger partial charge in [-0.05, 0) is 25.3 Å². The minimum atomic E-state index is -0.958. The van der Waals surface area contributed by atoms with Gasteiger partial charge in [-0.1, -0.05) is 6.07 Å². The molecule has 0 aromatic carbocycles. The van der Waals surface area contributed by atoms with Crippen LogP contribution < -0.4 is 10.6 Å². The molecular weight excluding hydrogens is 240 g/mol. The van der Waals surface area contributed by atoms with Gasteiger partial charge in [0.05, 0.1) is 12.0 Å². The average molecular weight is 256 g/mol. The Balaban J connectivity index is 2.28. The number of rotatable bonds is 5. The number of carboxylic acid groups (broad SMARTS) is 1. The third-order valence-corrected chi connectivity index (χ3v) is 3.15. The summed E-state index contributed by atoms with van der Waals surface area (Å²) in [5.41, 5.74) is -0.958. The van der Waals surface area contributed by atoms with E-state index in [4.69, 9.17) is 5.11 Å². The van der Waals surface area contributed by atoms with Crippen molar-refractivity contribution >= 4 is 23.3 Å². The maximum Gasteiger partial charge on any atom is 0.315 e. The van der Waals surface area contributed by atoms with Gasteiger partial charge in [-0.25, -0.2) is 4.79 Å². The Morgan fingerprint density at radius 3 is 2.65 bits per heavy atom. The lowest BCUT2D eigenvalue weighted by molar-refractivity contribution is -0.146. The number of carboxylic acids is 1. The van der Waals surface area contributed by atoms with Crippen LogP contribution in [-0.2, 0) is 11.3 Å². The maximum absolute atomic E-state index is 11.4. The number of hydrogen-bond donors (Lipinski definition) is 3. The van der Waals surface area contributed by atoms with E-state index in [0.717, 1.165) is 4.88 Å². The minimum Gasteiger partial charge on any atom is -0.481 e. The fourth-order valence-corrected chi connectivity index (χ4v) is 1.66. The number of amides is 2. The predicted octanol–water partition coefficient (Wildman–Crippen LogP) is 1.66. The molecule has 6 heteroatoms. The zero-order valence-electron chi connectivity index (χ0n) is 9.82. The molecule has 2 amide bonds. The Morgan fingerprint density at radius 1 is 1.41 bits per heavy atom. The summed E-state index contributed by atoms with van der Waals surface area (Å²) in [6.45, 7) is 3.68. The van der Waals surface area contributed by atoms with E-state index < -0.39 is 11.4 Å². The van der Waals surface area contributed by atoms with E-state index in [1.54, 1.807) is 25.2 Å². The van der Waals surface area contributed by atoms with Crippen LogP contribution in [0.25, 0.3) is 0 Å². The summed E-state index contributed by atoms with van der Waals surface area (Å²) in [6.07, 6.45) is 0. The van der Waals surface area contributed by atoms with Gasteiger partial charge in [-0.3, -0.25) is 4.79 Å². The molecule has 94 valence electrons. The molecule has 1 aromatic heterocycles. The van der Waals surface area contributed by atoms with Crippen molar-refractivity contribution < 1.29 is 14.7 Å². The number of aliphatic carboxylic acids is 1. The van der Waals surface area contributed by atoms with Crippen LogP contribution in [0.15, 0.2) is 17.5 Å². The molecule has 0 aliphatic heterocycles. The molecule has 0 unspecified atom stereocenters. The molecule has 0 aliphatic rings. The SMILES string of the molecule is CC(C)(CNC(=O)NCc1cccs1)C(=O)O. The van der Waals surface area contributed by atoms with Gasteiger partial charge in [0.25, 0.3) is 0 Å². The van der Waals surface area contributed by atoms with Gasteiger partial charge in [0.15, 0.2) is 0 Å². The first-order valence-corrected chi connectivity index (χ1v) is 6.07. The second-order valence-electron chi connectivity index (χ2n) is 4.30. The summed E-state index contributed by atoms with van der Waals surface area (Å²) < 4.78 is 0. The van der Waals surface area contributed by atoms with E-state index in [2.05, 4.69) is 10.6 Å². The molecule has 0 saturated heterocycles. The van der Waals surface area contributed by atoms with Gasteiger partial charge in [0.1, 0.15) is 0 Å². The summed E-state index contributed by atoms with van der Waals surface area (Å²) in [5, 5.41) is 16.0. The molecule has 5 nitrogen and oxygen atoms in total. The van der Waals surface area contributed by atoms with Crippen molar-refractivity contribution in [1.82, 2.24) is 10.6 Å². The highest BCUT2D eigenvalue weighted by molar-refractivity contribution is 7.09. The monoisotopic (exact) mass is 256 g/mol. The van der Waals surface area contributed by atoms with Crippen molar-refractivity contribution in [3.63, 3.8) is 0 Å². The fourth-order valence-electron chi connectivity index (χ4n) is 1.02. The lowest BCUT2D eigenvalue weighted by Gasteiger charge is -2.19. The number of thiophene rings is 1. The number of carbonyl (C=O) groups excluding carboxylic acids is 1. The third kappa shape index (κ3) is 4.44. The molecule has 1 rings (SSSR count). The van der Waals surface area contributed by atoms with E-state index >= 15 is 0 Å². The van der Waals surface area contributed by atoms with Crippen molar-refractivity contribution in [3.05, 3.63) is 22.4 Å². The summed E-state index contributed by atoms with van der Waals surface area (Å²) in [4.78, 5) is 23.3. The van der Waals surface area contributed by atoms with Crippen LogP contribution in [0, 0.1) is 5.41 Å². The first-order chi connectivity index (χ1) is 7.92. The van der Waals surface area contributed by atoms with E-state index in [9.17, 15) is 9.59 Å².